The van der Waals surface area contributed by atoms with Crippen LogP contribution in [0.2, 0.25) is 0 Å². The lowest BCUT2D eigenvalue weighted by molar-refractivity contribution is 0.322. The molecule has 0 aromatic rings. The fourth-order valence-corrected chi connectivity index (χ4v) is 0.715. The van der Waals surface area contributed by atoms with Crippen LogP contribution in [0.3, 0.4) is 0 Å². The second kappa shape index (κ2) is 3.80. The maximum atomic E-state index is 5.34. The first kappa shape index (κ1) is 8.85. The van der Waals surface area contributed by atoms with Crippen LogP contribution in [0, 0.1) is 0 Å². The van der Waals surface area contributed by atoms with Crippen molar-refractivity contribution in [2.75, 3.05) is 14.1 Å². The Kier molecular flexibility index (Phi) is 3.73. The SMILES string of the molecule is CC(CC(N)=S)N(C)C. The molecule has 1 unspecified atom stereocenters. The Hall–Kier alpha value is -0.150. The van der Waals surface area contributed by atoms with Gasteiger partial charge in [0.2, 0.25) is 0 Å². The molecule has 0 radical (unpaired) electrons. The molecule has 0 aliphatic rings. The molecule has 0 aliphatic heterocycles. The van der Waals surface area contributed by atoms with Crippen molar-refractivity contribution in [3.05, 3.63) is 0 Å². The van der Waals surface area contributed by atoms with Crippen molar-refractivity contribution in [1.29, 1.82) is 0 Å². The molecule has 0 bridgehead atoms. The predicted octanol–water partition coefficient (Wildman–Crippen LogP) is 0.613. The standard InChI is InChI=1S/C6H14N2S/c1-5(8(2)3)4-6(7)9/h5H,4H2,1-3H3,(H2,7,9). The van der Waals surface area contributed by atoms with Crippen LogP contribution in [-0.2, 0) is 0 Å². The maximum absolute atomic E-state index is 5.34. The van der Waals surface area contributed by atoms with E-state index in [1.807, 2.05) is 14.1 Å². The molecule has 0 saturated heterocycles. The fourth-order valence-electron chi connectivity index (χ4n) is 0.474. The smallest absolute Gasteiger partial charge is 0.0742 e. The molecular formula is C6H14N2S. The molecule has 0 saturated carbocycles. The van der Waals surface area contributed by atoms with Gasteiger partial charge in [-0.2, -0.15) is 0 Å². The van der Waals surface area contributed by atoms with E-state index >= 15 is 0 Å². The van der Waals surface area contributed by atoms with Gasteiger partial charge in [0.15, 0.2) is 0 Å². The summed E-state index contributed by atoms with van der Waals surface area (Å²) < 4.78 is 0. The molecule has 3 heteroatoms. The van der Waals surface area contributed by atoms with E-state index in [4.69, 9.17) is 18.0 Å². The van der Waals surface area contributed by atoms with Crippen molar-refractivity contribution in [1.82, 2.24) is 4.90 Å². The van der Waals surface area contributed by atoms with Crippen molar-refractivity contribution < 1.29 is 0 Å². The predicted molar refractivity (Wildman–Crippen MR) is 44.6 cm³/mol. The Bertz CT molecular complexity index is 101. The van der Waals surface area contributed by atoms with E-state index < -0.39 is 0 Å². The average Bonchev–Trinajstić information content (AvgIpc) is 1.63. The second-order valence-corrected chi connectivity index (χ2v) is 3.01. The van der Waals surface area contributed by atoms with Crippen molar-refractivity contribution in [3.63, 3.8) is 0 Å². The van der Waals surface area contributed by atoms with Gasteiger partial charge in [-0.1, -0.05) is 12.2 Å². The molecule has 0 spiro atoms. The molecule has 1 atom stereocenters. The van der Waals surface area contributed by atoms with Gasteiger partial charge >= 0.3 is 0 Å². The number of hydrogen-bond acceptors (Lipinski definition) is 2. The minimum absolute atomic E-state index is 0.461. The van der Waals surface area contributed by atoms with E-state index in [0.717, 1.165) is 6.42 Å². The van der Waals surface area contributed by atoms with Gasteiger partial charge in [0.1, 0.15) is 0 Å². The summed E-state index contributed by atoms with van der Waals surface area (Å²) in [5, 5.41) is 0. The molecule has 54 valence electrons. The zero-order valence-corrected chi connectivity index (χ0v) is 7.03. The monoisotopic (exact) mass is 146 g/mol. The second-order valence-electron chi connectivity index (χ2n) is 2.48. The van der Waals surface area contributed by atoms with E-state index in [2.05, 4.69) is 11.8 Å². The largest absolute Gasteiger partial charge is 0.393 e. The van der Waals surface area contributed by atoms with Gasteiger partial charge < -0.3 is 10.6 Å². The molecule has 9 heavy (non-hydrogen) atoms. The number of nitrogens with two attached hydrogens (primary N) is 1. The Balaban J connectivity index is 3.50. The van der Waals surface area contributed by atoms with Gasteiger partial charge in [-0.15, -0.1) is 0 Å². The first-order chi connectivity index (χ1) is 4.04. The molecular weight excluding hydrogens is 132 g/mol. The minimum atomic E-state index is 0.461. The average molecular weight is 146 g/mol. The molecule has 0 aromatic carbocycles. The Morgan fingerprint density at radius 3 is 2.22 bits per heavy atom. The zero-order valence-electron chi connectivity index (χ0n) is 6.22. The summed E-state index contributed by atoms with van der Waals surface area (Å²) in [6.45, 7) is 2.10. The number of hydrogen-bond donors (Lipinski definition) is 1. The summed E-state index contributed by atoms with van der Waals surface area (Å²) in [6, 6.07) is 0.461. The van der Waals surface area contributed by atoms with Crippen molar-refractivity contribution in [2.24, 2.45) is 5.73 Å². The molecule has 2 nitrogen and oxygen atoms in total. The highest BCUT2D eigenvalue weighted by molar-refractivity contribution is 7.80. The van der Waals surface area contributed by atoms with Crippen molar-refractivity contribution >= 4 is 17.2 Å². The maximum Gasteiger partial charge on any atom is 0.0742 e. The minimum Gasteiger partial charge on any atom is -0.393 e. The lowest BCUT2D eigenvalue weighted by Gasteiger charge is -2.18. The van der Waals surface area contributed by atoms with Crippen LogP contribution in [0.5, 0.6) is 0 Å². The normalized spacial score (nSPS) is 13.8. The third-order valence-corrected chi connectivity index (χ3v) is 1.54. The number of thiocarbonyl (C=S) groups is 1. The topological polar surface area (TPSA) is 29.3 Å². The highest BCUT2D eigenvalue weighted by atomic mass is 32.1. The van der Waals surface area contributed by atoms with Crippen LogP contribution >= 0.6 is 12.2 Å². The fraction of sp³-hybridized carbons (Fsp3) is 0.833. The zero-order chi connectivity index (χ0) is 7.44. The van der Waals surface area contributed by atoms with Crippen LogP contribution in [-0.4, -0.2) is 30.0 Å². The van der Waals surface area contributed by atoms with E-state index in [1.165, 1.54) is 0 Å². The molecule has 0 heterocycles. The number of rotatable bonds is 3. The van der Waals surface area contributed by atoms with E-state index in [1.54, 1.807) is 0 Å². The highest BCUT2D eigenvalue weighted by Crippen LogP contribution is 1.96. The van der Waals surface area contributed by atoms with Gasteiger partial charge in [0.05, 0.1) is 4.99 Å². The summed E-state index contributed by atoms with van der Waals surface area (Å²) in [4.78, 5) is 2.69. The van der Waals surface area contributed by atoms with E-state index in [-0.39, 0.29) is 0 Å². The highest BCUT2D eigenvalue weighted by Gasteiger charge is 2.03. The number of nitrogens with zero attached hydrogens (tertiary/aromatic N) is 1. The molecule has 2 N–H and O–H groups in total. The lowest BCUT2D eigenvalue weighted by Crippen LogP contribution is -2.29. The van der Waals surface area contributed by atoms with Crippen LogP contribution < -0.4 is 5.73 Å². The van der Waals surface area contributed by atoms with Gasteiger partial charge in [0, 0.05) is 12.5 Å². The Labute approximate surface area is 62.0 Å². The molecule has 0 amide bonds. The van der Waals surface area contributed by atoms with Crippen LogP contribution in [0.1, 0.15) is 13.3 Å². The summed E-state index contributed by atoms with van der Waals surface area (Å²) in [6.07, 6.45) is 0.808. The molecule has 0 aromatic heterocycles. The quantitative estimate of drug-likeness (QED) is 0.592. The third kappa shape index (κ3) is 4.36. The van der Waals surface area contributed by atoms with E-state index in [9.17, 15) is 0 Å². The Morgan fingerprint density at radius 2 is 2.11 bits per heavy atom. The molecule has 0 rings (SSSR count). The van der Waals surface area contributed by atoms with E-state index in [0.29, 0.717) is 11.0 Å². The van der Waals surface area contributed by atoms with Gasteiger partial charge in [0.25, 0.3) is 0 Å². The lowest BCUT2D eigenvalue weighted by atomic mass is 10.2. The van der Waals surface area contributed by atoms with Crippen molar-refractivity contribution in [3.8, 4) is 0 Å². The summed E-state index contributed by atoms with van der Waals surface area (Å²) in [5.41, 5.74) is 5.34. The first-order valence-electron chi connectivity index (χ1n) is 2.98. The van der Waals surface area contributed by atoms with Gasteiger partial charge in [-0.25, -0.2) is 0 Å². The summed E-state index contributed by atoms with van der Waals surface area (Å²) in [7, 11) is 4.03. The van der Waals surface area contributed by atoms with Crippen LogP contribution in [0.4, 0.5) is 0 Å². The first-order valence-corrected chi connectivity index (χ1v) is 3.39. The Morgan fingerprint density at radius 1 is 1.67 bits per heavy atom. The summed E-state index contributed by atoms with van der Waals surface area (Å²) >= 11 is 4.74. The van der Waals surface area contributed by atoms with Gasteiger partial charge in [-0.3, -0.25) is 0 Å². The molecule has 0 aliphatic carbocycles. The van der Waals surface area contributed by atoms with Crippen LogP contribution in [0.25, 0.3) is 0 Å². The van der Waals surface area contributed by atoms with Gasteiger partial charge in [-0.05, 0) is 21.0 Å². The third-order valence-electron chi connectivity index (χ3n) is 1.38. The van der Waals surface area contributed by atoms with Crippen molar-refractivity contribution in [2.45, 2.75) is 19.4 Å². The van der Waals surface area contributed by atoms with Crippen LogP contribution in [0.15, 0.2) is 0 Å². The summed E-state index contributed by atoms with van der Waals surface area (Å²) in [5.74, 6) is 0. The molecule has 0 fully saturated rings.